The standard InChI is InChI=1S/C20H23N3O4S/c1-2-14-5-3-4-6-17(14)22-20(25)11-12-21-28(26,27)16-8-9-18-15(13-16)7-10-19(24)23-18/h3-6,8-9,13,21H,2,7,10-12H2,1H3,(H,22,25)(H,23,24). The molecule has 0 saturated carbocycles. The predicted molar refractivity (Wildman–Crippen MR) is 108 cm³/mol. The second kappa shape index (κ2) is 8.53. The number of aryl methyl sites for hydroxylation is 2. The molecule has 3 N–H and O–H groups in total. The number of hydrogen-bond donors (Lipinski definition) is 3. The minimum Gasteiger partial charge on any atom is -0.326 e. The summed E-state index contributed by atoms with van der Waals surface area (Å²) in [7, 11) is -3.73. The van der Waals surface area contributed by atoms with Crippen LogP contribution in [-0.4, -0.2) is 26.8 Å². The van der Waals surface area contributed by atoms with Crippen LogP contribution in [0.1, 0.15) is 30.9 Å². The van der Waals surface area contributed by atoms with E-state index in [-0.39, 0.29) is 29.7 Å². The first kappa shape index (κ1) is 20.0. The first-order valence-corrected chi connectivity index (χ1v) is 10.7. The van der Waals surface area contributed by atoms with Gasteiger partial charge in [-0.2, -0.15) is 0 Å². The topological polar surface area (TPSA) is 104 Å². The van der Waals surface area contributed by atoms with Crippen LogP contribution in [0.2, 0.25) is 0 Å². The molecular formula is C20H23N3O4S. The first-order valence-electron chi connectivity index (χ1n) is 9.19. The highest BCUT2D eigenvalue weighted by Crippen LogP contribution is 2.25. The molecule has 148 valence electrons. The Bertz CT molecular complexity index is 1000. The van der Waals surface area contributed by atoms with Crippen molar-refractivity contribution in [2.75, 3.05) is 17.2 Å². The molecule has 2 aromatic rings. The van der Waals surface area contributed by atoms with Crippen molar-refractivity contribution in [3.05, 3.63) is 53.6 Å². The highest BCUT2D eigenvalue weighted by Gasteiger charge is 2.20. The molecule has 3 rings (SSSR count). The Morgan fingerprint density at radius 2 is 1.93 bits per heavy atom. The Hall–Kier alpha value is -2.71. The average Bonchev–Trinajstić information content (AvgIpc) is 2.67. The van der Waals surface area contributed by atoms with Crippen LogP contribution in [0.15, 0.2) is 47.4 Å². The lowest BCUT2D eigenvalue weighted by atomic mass is 10.0. The van der Waals surface area contributed by atoms with Gasteiger partial charge < -0.3 is 10.6 Å². The first-order chi connectivity index (χ1) is 13.4. The van der Waals surface area contributed by atoms with Gasteiger partial charge in [0, 0.05) is 30.8 Å². The quantitative estimate of drug-likeness (QED) is 0.663. The van der Waals surface area contributed by atoms with Gasteiger partial charge in [0.1, 0.15) is 0 Å². The number of anilines is 2. The van der Waals surface area contributed by atoms with Crippen LogP contribution < -0.4 is 15.4 Å². The third kappa shape index (κ3) is 4.76. The number of sulfonamides is 1. The Balaban J connectivity index is 1.58. The lowest BCUT2D eigenvalue weighted by Gasteiger charge is -2.17. The van der Waals surface area contributed by atoms with E-state index in [1.807, 2.05) is 31.2 Å². The maximum atomic E-state index is 12.5. The third-order valence-electron chi connectivity index (χ3n) is 4.60. The van der Waals surface area contributed by atoms with Gasteiger partial charge in [0.15, 0.2) is 0 Å². The SMILES string of the molecule is CCc1ccccc1NC(=O)CCNS(=O)(=O)c1ccc2c(c1)CCC(=O)N2. The molecule has 1 aliphatic rings. The molecule has 28 heavy (non-hydrogen) atoms. The van der Waals surface area contributed by atoms with E-state index >= 15 is 0 Å². The molecule has 0 spiro atoms. The molecule has 0 bridgehead atoms. The molecule has 0 radical (unpaired) electrons. The van der Waals surface area contributed by atoms with Gasteiger partial charge in [0.05, 0.1) is 4.90 Å². The number of para-hydroxylation sites is 1. The van der Waals surface area contributed by atoms with E-state index in [9.17, 15) is 18.0 Å². The predicted octanol–water partition coefficient (Wildman–Crippen LogP) is 2.44. The van der Waals surface area contributed by atoms with Crippen LogP contribution in [0.5, 0.6) is 0 Å². The van der Waals surface area contributed by atoms with Crippen molar-refractivity contribution in [3.63, 3.8) is 0 Å². The number of benzene rings is 2. The fraction of sp³-hybridized carbons (Fsp3) is 0.300. The fourth-order valence-electron chi connectivity index (χ4n) is 3.07. The molecule has 0 unspecified atom stereocenters. The second-order valence-electron chi connectivity index (χ2n) is 6.57. The summed E-state index contributed by atoms with van der Waals surface area (Å²) < 4.78 is 27.4. The van der Waals surface area contributed by atoms with Crippen molar-refractivity contribution < 1.29 is 18.0 Å². The molecule has 1 heterocycles. The summed E-state index contributed by atoms with van der Waals surface area (Å²) in [5.74, 6) is -0.325. The van der Waals surface area contributed by atoms with Gasteiger partial charge in [-0.1, -0.05) is 25.1 Å². The average molecular weight is 401 g/mol. The number of nitrogens with one attached hydrogen (secondary N) is 3. The number of amides is 2. The van der Waals surface area contributed by atoms with Gasteiger partial charge in [0.2, 0.25) is 21.8 Å². The lowest BCUT2D eigenvalue weighted by molar-refractivity contribution is -0.117. The molecule has 2 aromatic carbocycles. The van der Waals surface area contributed by atoms with Gasteiger partial charge in [-0.15, -0.1) is 0 Å². The van der Waals surface area contributed by atoms with Gasteiger partial charge >= 0.3 is 0 Å². The smallest absolute Gasteiger partial charge is 0.240 e. The summed E-state index contributed by atoms with van der Waals surface area (Å²) in [6, 6.07) is 12.1. The maximum Gasteiger partial charge on any atom is 0.240 e. The van der Waals surface area contributed by atoms with E-state index in [1.54, 1.807) is 12.1 Å². The van der Waals surface area contributed by atoms with Crippen LogP contribution in [0, 0.1) is 0 Å². The summed E-state index contributed by atoms with van der Waals surface area (Å²) in [5, 5.41) is 5.54. The number of hydrogen-bond acceptors (Lipinski definition) is 4. The summed E-state index contributed by atoms with van der Waals surface area (Å²) in [6.07, 6.45) is 1.66. The second-order valence-corrected chi connectivity index (χ2v) is 8.34. The van der Waals surface area contributed by atoms with E-state index in [1.165, 1.54) is 6.07 Å². The van der Waals surface area contributed by atoms with Gasteiger partial charge in [-0.25, -0.2) is 13.1 Å². The minimum absolute atomic E-state index is 0.00369. The van der Waals surface area contributed by atoms with E-state index in [0.717, 1.165) is 23.2 Å². The van der Waals surface area contributed by atoms with Crippen LogP contribution in [-0.2, 0) is 32.5 Å². The van der Waals surface area contributed by atoms with Gasteiger partial charge in [-0.3, -0.25) is 9.59 Å². The largest absolute Gasteiger partial charge is 0.326 e. The molecule has 2 amide bonds. The third-order valence-corrected chi connectivity index (χ3v) is 6.06. The Kier molecular flexibility index (Phi) is 6.11. The molecule has 1 aliphatic heterocycles. The molecule has 7 nitrogen and oxygen atoms in total. The molecule has 0 atom stereocenters. The molecule has 8 heteroatoms. The highest BCUT2D eigenvalue weighted by atomic mass is 32.2. The van der Waals surface area contributed by atoms with Crippen molar-refractivity contribution in [3.8, 4) is 0 Å². The maximum absolute atomic E-state index is 12.5. The Labute approximate surface area is 164 Å². The van der Waals surface area contributed by atoms with E-state index in [0.29, 0.717) is 18.5 Å². The van der Waals surface area contributed by atoms with Crippen molar-refractivity contribution in [2.24, 2.45) is 0 Å². The van der Waals surface area contributed by atoms with Crippen LogP contribution in [0.3, 0.4) is 0 Å². The number of rotatable bonds is 7. The number of carbonyl (C=O) groups excluding carboxylic acids is 2. The fourth-order valence-corrected chi connectivity index (χ4v) is 4.15. The molecule has 0 aromatic heterocycles. The summed E-state index contributed by atoms with van der Waals surface area (Å²) in [4.78, 5) is 23.7. The number of carbonyl (C=O) groups is 2. The summed E-state index contributed by atoms with van der Waals surface area (Å²) >= 11 is 0. The molecular weight excluding hydrogens is 378 g/mol. The van der Waals surface area contributed by atoms with Crippen molar-refractivity contribution in [1.29, 1.82) is 0 Å². The van der Waals surface area contributed by atoms with E-state index in [4.69, 9.17) is 0 Å². The zero-order chi connectivity index (χ0) is 20.1. The zero-order valence-electron chi connectivity index (χ0n) is 15.6. The van der Waals surface area contributed by atoms with E-state index in [2.05, 4.69) is 15.4 Å². The molecule has 0 aliphatic carbocycles. The van der Waals surface area contributed by atoms with Gasteiger partial charge in [-0.05, 0) is 48.2 Å². The summed E-state index contributed by atoms with van der Waals surface area (Å²) in [5.41, 5.74) is 3.20. The highest BCUT2D eigenvalue weighted by molar-refractivity contribution is 7.89. The Morgan fingerprint density at radius 1 is 1.14 bits per heavy atom. The van der Waals surface area contributed by atoms with Crippen LogP contribution in [0.25, 0.3) is 0 Å². The Morgan fingerprint density at radius 3 is 2.71 bits per heavy atom. The normalized spacial score (nSPS) is 13.5. The van der Waals surface area contributed by atoms with Gasteiger partial charge in [0.25, 0.3) is 0 Å². The van der Waals surface area contributed by atoms with Crippen LogP contribution in [0.4, 0.5) is 11.4 Å². The lowest BCUT2D eigenvalue weighted by Crippen LogP contribution is -2.28. The minimum atomic E-state index is -3.73. The monoisotopic (exact) mass is 401 g/mol. The van der Waals surface area contributed by atoms with Crippen molar-refractivity contribution in [2.45, 2.75) is 37.5 Å². The van der Waals surface area contributed by atoms with E-state index < -0.39 is 10.0 Å². The van der Waals surface area contributed by atoms with Crippen molar-refractivity contribution >= 4 is 33.2 Å². The van der Waals surface area contributed by atoms with Crippen LogP contribution >= 0.6 is 0 Å². The summed E-state index contributed by atoms with van der Waals surface area (Å²) in [6.45, 7) is 2.00. The zero-order valence-corrected chi connectivity index (χ0v) is 16.4. The number of fused-ring (bicyclic) bond motifs is 1. The molecule has 0 saturated heterocycles. The molecule has 0 fully saturated rings. The van der Waals surface area contributed by atoms with Crippen molar-refractivity contribution in [1.82, 2.24) is 4.72 Å².